The molecule has 0 saturated heterocycles. The van der Waals surface area contributed by atoms with E-state index in [1.165, 1.54) is 12.1 Å². The minimum atomic E-state index is -1.28. The lowest BCUT2D eigenvalue weighted by molar-refractivity contribution is 0.547. The van der Waals surface area contributed by atoms with Gasteiger partial charge >= 0.3 is 0 Å². The van der Waals surface area contributed by atoms with Crippen LogP contribution in [0.15, 0.2) is 50.5 Å². The van der Waals surface area contributed by atoms with Gasteiger partial charge in [-0.05, 0) is 17.7 Å². The minimum absolute atomic E-state index is 0.212. The maximum atomic E-state index is 14.1. The van der Waals surface area contributed by atoms with Crippen LogP contribution in [0, 0.1) is 17.5 Å². The number of rotatable bonds is 2. The van der Waals surface area contributed by atoms with E-state index in [0.29, 0.717) is 16.6 Å². The molecule has 2 N–H and O–H groups in total. The van der Waals surface area contributed by atoms with E-state index in [4.69, 9.17) is 0 Å². The van der Waals surface area contributed by atoms with E-state index in [9.17, 15) is 22.8 Å². The molecule has 0 unspecified atom stereocenters. The Morgan fingerprint density at radius 3 is 1.79 bits per heavy atom. The molecule has 4 nitrogen and oxygen atoms in total. The number of hydrogen-bond acceptors (Lipinski definition) is 2. The van der Waals surface area contributed by atoms with Crippen molar-refractivity contribution in [3.05, 3.63) is 79.0 Å². The van der Waals surface area contributed by atoms with E-state index in [0.717, 1.165) is 0 Å². The molecule has 1 heterocycles. The first-order valence-electron chi connectivity index (χ1n) is 6.64. The van der Waals surface area contributed by atoms with Gasteiger partial charge in [-0.2, -0.15) is 0 Å². The lowest BCUT2D eigenvalue weighted by Gasteiger charge is -2.10. The topological polar surface area (TPSA) is 65.7 Å². The van der Waals surface area contributed by atoms with Crippen molar-refractivity contribution in [3.63, 3.8) is 0 Å². The van der Waals surface area contributed by atoms with Crippen LogP contribution in [0.2, 0.25) is 0 Å². The molecule has 1 aromatic heterocycles. The second-order valence-corrected chi connectivity index (χ2v) is 5.83. The molecule has 24 heavy (non-hydrogen) atoms. The highest BCUT2D eigenvalue weighted by Gasteiger charge is 2.23. The maximum absolute atomic E-state index is 14.1. The number of H-pyrrole nitrogens is 2. The summed E-state index contributed by atoms with van der Waals surface area (Å²) in [6.45, 7) is 0. The number of nitrogens with one attached hydrogen (secondary N) is 2. The van der Waals surface area contributed by atoms with Crippen molar-refractivity contribution in [1.29, 1.82) is 0 Å². The fourth-order valence-electron chi connectivity index (χ4n) is 2.38. The molecule has 0 saturated carbocycles. The number of aromatic amines is 2. The smallest absolute Gasteiger partial charge is 0.267 e. The van der Waals surface area contributed by atoms with Crippen molar-refractivity contribution >= 4 is 15.9 Å². The quantitative estimate of drug-likeness (QED) is 0.695. The normalized spacial score (nSPS) is 10.8. The molecular formula is C16H8BrF3N2O2. The van der Waals surface area contributed by atoms with Crippen LogP contribution in [0.4, 0.5) is 13.2 Å². The van der Waals surface area contributed by atoms with Crippen molar-refractivity contribution in [1.82, 2.24) is 10.2 Å². The summed E-state index contributed by atoms with van der Waals surface area (Å²) in [5.41, 5.74) is -2.84. The van der Waals surface area contributed by atoms with Gasteiger partial charge in [-0.25, -0.2) is 13.2 Å². The maximum Gasteiger partial charge on any atom is 0.271 e. The Bertz CT molecular complexity index is 1020. The summed E-state index contributed by atoms with van der Waals surface area (Å²) in [5, 5.41) is 4.15. The second-order valence-electron chi connectivity index (χ2n) is 4.91. The molecule has 0 radical (unpaired) electrons. The lowest BCUT2D eigenvalue weighted by atomic mass is 9.96. The van der Waals surface area contributed by atoms with Gasteiger partial charge in [0.25, 0.3) is 11.1 Å². The molecule has 3 aromatic rings. The fraction of sp³-hybridized carbons (Fsp3) is 0. The predicted molar refractivity (Wildman–Crippen MR) is 86.1 cm³/mol. The van der Waals surface area contributed by atoms with Crippen molar-refractivity contribution < 1.29 is 13.2 Å². The first-order chi connectivity index (χ1) is 11.4. The van der Waals surface area contributed by atoms with Crippen LogP contribution in [-0.2, 0) is 0 Å². The number of benzene rings is 2. The van der Waals surface area contributed by atoms with E-state index in [1.807, 2.05) is 5.10 Å². The van der Waals surface area contributed by atoms with Gasteiger partial charge in [0.15, 0.2) is 0 Å². The van der Waals surface area contributed by atoms with Gasteiger partial charge in [0.2, 0.25) is 0 Å². The summed E-state index contributed by atoms with van der Waals surface area (Å²) < 4.78 is 42.1. The fourth-order valence-corrected chi connectivity index (χ4v) is 2.64. The Morgan fingerprint density at radius 2 is 1.25 bits per heavy atom. The zero-order valence-electron chi connectivity index (χ0n) is 11.8. The van der Waals surface area contributed by atoms with E-state index in [-0.39, 0.29) is 11.1 Å². The SMILES string of the molecule is O=c1[nH][nH]c(=O)c(-c2c(F)cc(F)cc2F)c1-c1ccc(Br)cc1. The first-order valence-corrected chi connectivity index (χ1v) is 7.43. The lowest BCUT2D eigenvalue weighted by Crippen LogP contribution is -2.24. The van der Waals surface area contributed by atoms with Crippen LogP contribution in [0.5, 0.6) is 0 Å². The van der Waals surface area contributed by atoms with E-state index in [1.54, 1.807) is 12.1 Å². The third-order valence-electron chi connectivity index (χ3n) is 3.38. The van der Waals surface area contributed by atoms with Crippen molar-refractivity contribution in [2.45, 2.75) is 0 Å². The average Bonchev–Trinajstić information content (AvgIpc) is 2.51. The molecule has 122 valence electrons. The zero-order valence-corrected chi connectivity index (χ0v) is 13.4. The highest BCUT2D eigenvalue weighted by atomic mass is 79.9. The van der Waals surface area contributed by atoms with Gasteiger partial charge in [0, 0.05) is 16.6 Å². The molecule has 3 rings (SSSR count). The van der Waals surface area contributed by atoms with Crippen molar-refractivity contribution in [2.24, 2.45) is 0 Å². The van der Waals surface area contributed by atoms with Gasteiger partial charge < -0.3 is 0 Å². The van der Waals surface area contributed by atoms with Crippen LogP contribution in [0.25, 0.3) is 22.3 Å². The van der Waals surface area contributed by atoms with Crippen LogP contribution in [0.3, 0.4) is 0 Å². The monoisotopic (exact) mass is 396 g/mol. The number of hydrogen-bond donors (Lipinski definition) is 2. The Morgan fingerprint density at radius 1 is 0.750 bits per heavy atom. The molecule has 0 aliphatic rings. The van der Waals surface area contributed by atoms with Gasteiger partial charge in [-0.3, -0.25) is 19.8 Å². The Balaban J connectivity index is 2.42. The summed E-state index contributed by atoms with van der Waals surface area (Å²) >= 11 is 3.23. The molecule has 0 aliphatic carbocycles. The van der Waals surface area contributed by atoms with Crippen LogP contribution >= 0.6 is 15.9 Å². The highest BCUT2D eigenvalue weighted by molar-refractivity contribution is 9.10. The Hall–Kier alpha value is -2.61. The largest absolute Gasteiger partial charge is 0.271 e. The van der Waals surface area contributed by atoms with Gasteiger partial charge in [-0.1, -0.05) is 28.1 Å². The Kier molecular flexibility index (Phi) is 4.15. The second kappa shape index (κ2) is 6.12. The van der Waals surface area contributed by atoms with Gasteiger partial charge in [0.1, 0.15) is 17.5 Å². The summed E-state index contributed by atoms with van der Waals surface area (Å²) in [5.74, 6) is -3.68. The molecule has 0 amide bonds. The molecule has 0 spiro atoms. The third kappa shape index (κ3) is 2.80. The summed E-state index contributed by atoms with van der Waals surface area (Å²) in [6, 6.07) is 7.14. The summed E-state index contributed by atoms with van der Waals surface area (Å²) in [4.78, 5) is 24.3. The van der Waals surface area contributed by atoms with Crippen molar-refractivity contribution in [2.75, 3.05) is 0 Å². The standard InChI is InChI=1S/C16H8BrF3N2O2/c17-8-3-1-7(2-4-8)12-14(16(24)22-21-15(12)23)13-10(19)5-9(18)6-11(13)20/h1-6H,(H,21,23)(H,22,24). The zero-order chi connectivity index (χ0) is 17.4. The van der Waals surface area contributed by atoms with E-state index < -0.39 is 39.7 Å². The van der Waals surface area contributed by atoms with E-state index >= 15 is 0 Å². The molecule has 0 fully saturated rings. The van der Waals surface area contributed by atoms with Crippen LogP contribution in [0.1, 0.15) is 0 Å². The van der Waals surface area contributed by atoms with E-state index in [2.05, 4.69) is 21.0 Å². The van der Waals surface area contributed by atoms with Crippen LogP contribution < -0.4 is 11.1 Å². The Labute approximate surface area is 141 Å². The summed E-state index contributed by atoms with van der Waals surface area (Å²) in [7, 11) is 0. The molecular weight excluding hydrogens is 389 g/mol. The van der Waals surface area contributed by atoms with Crippen molar-refractivity contribution in [3.8, 4) is 22.3 Å². The average molecular weight is 397 g/mol. The molecule has 0 bridgehead atoms. The molecule has 0 aliphatic heterocycles. The number of aromatic nitrogens is 2. The first kappa shape index (κ1) is 16.3. The highest BCUT2D eigenvalue weighted by Crippen LogP contribution is 2.31. The molecule has 0 atom stereocenters. The number of halogens is 4. The molecule has 2 aromatic carbocycles. The molecule has 8 heteroatoms. The predicted octanol–water partition coefficient (Wildman–Crippen LogP) is 3.58. The van der Waals surface area contributed by atoms with Crippen LogP contribution in [-0.4, -0.2) is 10.2 Å². The van der Waals surface area contributed by atoms with Gasteiger partial charge in [0.05, 0.1) is 16.7 Å². The minimum Gasteiger partial charge on any atom is -0.267 e. The third-order valence-corrected chi connectivity index (χ3v) is 3.91. The summed E-state index contributed by atoms with van der Waals surface area (Å²) in [6.07, 6.45) is 0. The van der Waals surface area contributed by atoms with Gasteiger partial charge in [-0.15, -0.1) is 0 Å².